The van der Waals surface area contributed by atoms with Crippen molar-refractivity contribution in [3.8, 4) is 0 Å². The van der Waals surface area contributed by atoms with E-state index in [2.05, 4.69) is 10.2 Å². The van der Waals surface area contributed by atoms with Gasteiger partial charge in [0.15, 0.2) is 0 Å². The number of nitrogens with one attached hydrogen (secondary N) is 1. The topological polar surface area (TPSA) is 32.3 Å². The maximum absolute atomic E-state index is 12.9. The van der Waals surface area contributed by atoms with Crippen LogP contribution in [-0.4, -0.2) is 37.0 Å². The van der Waals surface area contributed by atoms with Crippen molar-refractivity contribution in [2.24, 2.45) is 23.2 Å². The van der Waals surface area contributed by atoms with Gasteiger partial charge < -0.3 is 10.2 Å². The summed E-state index contributed by atoms with van der Waals surface area (Å²) < 4.78 is 0. The highest BCUT2D eigenvalue weighted by Gasteiger charge is 2.44. The summed E-state index contributed by atoms with van der Waals surface area (Å²) in [5.41, 5.74) is 0.428. The van der Waals surface area contributed by atoms with Gasteiger partial charge in [-0.05, 0) is 50.5 Å². The first kappa shape index (κ1) is 16.6. The van der Waals surface area contributed by atoms with Gasteiger partial charge in [-0.1, -0.05) is 25.7 Å². The average molecular weight is 327 g/mol. The van der Waals surface area contributed by atoms with Crippen LogP contribution in [0.3, 0.4) is 0 Å². The molecule has 4 rings (SSSR count). The molecule has 4 fully saturated rings. The smallest absolute Gasteiger partial charge is 0.225 e. The Hall–Kier alpha value is -0.280. The fourth-order valence-corrected chi connectivity index (χ4v) is 5.62. The molecule has 22 heavy (non-hydrogen) atoms. The van der Waals surface area contributed by atoms with Crippen molar-refractivity contribution in [3.05, 3.63) is 0 Å². The predicted octanol–water partition coefficient (Wildman–Crippen LogP) is 3.23. The van der Waals surface area contributed by atoms with Crippen molar-refractivity contribution in [3.63, 3.8) is 0 Å². The molecule has 0 aromatic heterocycles. The number of halogens is 1. The molecule has 0 aromatic carbocycles. The van der Waals surface area contributed by atoms with E-state index in [1.807, 2.05) is 0 Å². The highest BCUT2D eigenvalue weighted by Crippen LogP contribution is 2.44. The first-order valence-corrected chi connectivity index (χ1v) is 9.25. The van der Waals surface area contributed by atoms with Gasteiger partial charge in [0.05, 0.1) is 0 Å². The lowest BCUT2D eigenvalue weighted by atomic mass is 9.67. The van der Waals surface area contributed by atoms with E-state index in [-0.39, 0.29) is 12.4 Å². The molecule has 0 aromatic rings. The summed E-state index contributed by atoms with van der Waals surface area (Å²) >= 11 is 0. The zero-order valence-electron chi connectivity index (χ0n) is 13.7. The minimum atomic E-state index is 0. The molecule has 1 amide bonds. The Morgan fingerprint density at radius 1 is 1.05 bits per heavy atom. The lowest BCUT2D eigenvalue weighted by Gasteiger charge is -2.39. The van der Waals surface area contributed by atoms with Crippen LogP contribution in [0.25, 0.3) is 0 Å². The van der Waals surface area contributed by atoms with Gasteiger partial charge in [0.2, 0.25) is 5.91 Å². The van der Waals surface area contributed by atoms with Gasteiger partial charge in [-0.15, -0.1) is 12.4 Å². The molecule has 2 heterocycles. The zero-order chi connectivity index (χ0) is 14.3. The molecule has 2 aliphatic carbocycles. The molecule has 2 saturated heterocycles. The number of fused-ring (bicyclic) bond motifs is 1. The number of nitrogens with zero attached hydrogens (tertiary/aromatic N) is 1. The van der Waals surface area contributed by atoms with Crippen LogP contribution in [0.5, 0.6) is 0 Å². The maximum Gasteiger partial charge on any atom is 0.225 e. The summed E-state index contributed by atoms with van der Waals surface area (Å²) in [7, 11) is 0. The number of hydrogen-bond donors (Lipinski definition) is 1. The molecule has 4 heteroatoms. The summed E-state index contributed by atoms with van der Waals surface area (Å²) in [6, 6.07) is 0. The summed E-state index contributed by atoms with van der Waals surface area (Å²) in [5.74, 6) is 2.68. The van der Waals surface area contributed by atoms with Crippen molar-refractivity contribution in [1.29, 1.82) is 0 Å². The van der Waals surface area contributed by atoms with E-state index in [9.17, 15) is 4.79 Å². The van der Waals surface area contributed by atoms with Crippen LogP contribution < -0.4 is 5.32 Å². The first-order valence-electron chi connectivity index (χ1n) is 9.25. The number of likely N-dealkylation sites (tertiary alicyclic amines) is 1. The van der Waals surface area contributed by atoms with Crippen LogP contribution in [-0.2, 0) is 4.79 Å². The third-order valence-corrected chi connectivity index (χ3v) is 6.97. The van der Waals surface area contributed by atoms with Gasteiger partial charge in [-0.3, -0.25) is 4.79 Å². The molecule has 0 radical (unpaired) electrons. The normalized spacial score (nSPS) is 41.3. The minimum Gasteiger partial charge on any atom is -0.342 e. The Kier molecular flexibility index (Phi) is 5.04. The third-order valence-electron chi connectivity index (χ3n) is 6.97. The molecule has 0 bridgehead atoms. The fraction of sp³-hybridized carbons (Fsp3) is 0.944. The molecule has 2 saturated carbocycles. The SMILES string of the molecule is Cl.O=C(C1CCC2CCCCC2C1)N1CCC2(CCNC2)C1. The van der Waals surface area contributed by atoms with Crippen molar-refractivity contribution in [2.75, 3.05) is 26.2 Å². The van der Waals surface area contributed by atoms with E-state index < -0.39 is 0 Å². The summed E-state index contributed by atoms with van der Waals surface area (Å²) in [5, 5.41) is 3.49. The number of carbonyl (C=O) groups is 1. The molecule has 2 aliphatic heterocycles. The van der Waals surface area contributed by atoms with Crippen LogP contribution in [0.2, 0.25) is 0 Å². The van der Waals surface area contributed by atoms with Crippen molar-refractivity contribution in [1.82, 2.24) is 10.2 Å². The van der Waals surface area contributed by atoms with Gasteiger partial charge in [0, 0.05) is 31.0 Å². The second-order valence-corrected chi connectivity index (χ2v) is 8.25. The van der Waals surface area contributed by atoms with E-state index >= 15 is 0 Å². The summed E-state index contributed by atoms with van der Waals surface area (Å²) in [6.45, 7) is 4.33. The highest BCUT2D eigenvalue weighted by molar-refractivity contribution is 5.85. The summed E-state index contributed by atoms with van der Waals surface area (Å²) in [6.07, 6.45) is 11.8. The van der Waals surface area contributed by atoms with Crippen LogP contribution in [0, 0.1) is 23.2 Å². The number of hydrogen-bond acceptors (Lipinski definition) is 2. The molecule has 1 spiro atoms. The van der Waals surface area contributed by atoms with Crippen LogP contribution in [0.4, 0.5) is 0 Å². The lowest BCUT2D eigenvalue weighted by Crippen LogP contribution is -2.40. The quantitative estimate of drug-likeness (QED) is 0.802. The van der Waals surface area contributed by atoms with Gasteiger partial charge in [-0.25, -0.2) is 0 Å². The van der Waals surface area contributed by atoms with E-state index in [1.165, 1.54) is 57.8 Å². The molecular weight excluding hydrogens is 296 g/mol. The molecular formula is C18H31ClN2O. The standard InChI is InChI=1S/C18H30N2O.ClH/c21-17(20-10-8-18(13-20)7-9-19-12-18)16-6-5-14-3-1-2-4-15(14)11-16;/h14-16,19H,1-13H2;1H. The van der Waals surface area contributed by atoms with Gasteiger partial charge in [-0.2, -0.15) is 0 Å². The fourth-order valence-electron chi connectivity index (χ4n) is 5.62. The Morgan fingerprint density at radius 2 is 1.86 bits per heavy atom. The maximum atomic E-state index is 12.9. The minimum absolute atomic E-state index is 0. The Morgan fingerprint density at radius 3 is 2.64 bits per heavy atom. The molecule has 4 unspecified atom stereocenters. The second-order valence-electron chi connectivity index (χ2n) is 8.25. The Balaban J connectivity index is 0.00000144. The van der Waals surface area contributed by atoms with Crippen molar-refractivity contribution >= 4 is 18.3 Å². The van der Waals surface area contributed by atoms with Crippen LogP contribution >= 0.6 is 12.4 Å². The van der Waals surface area contributed by atoms with Crippen LogP contribution in [0.15, 0.2) is 0 Å². The Bertz CT molecular complexity index is 408. The molecule has 3 nitrogen and oxygen atoms in total. The van der Waals surface area contributed by atoms with Gasteiger partial charge >= 0.3 is 0 Å². The molecule has 1 N–H and O–H groups in total. The van der Waals surface area contributed by atoms with Gasteiger partial charge in [0.25, 0.3) is 0 Å². The highest BCUT2D eigenvalue weighted by atomic mass is 35.5. The first-order chi connectivity index (χ1) is 10.3. The van der Waals surface area contributed by atoms with E-state index in [0.29, 0.717) is 17.2 Å². The average Bonchev–Trinajstić information content (AvgIpc) is 3.17. The number of rotatable bonds is 1. The Labute approximate surface area is 141 Å². The van der Waals surface area contributed by atoms with E-state index in [1.54, 1.807) is 0 Å². The lowest BCUT2D eigenvalue weighted by molar-refractivity contribution is -0.137. The molecule has 4 atom stereocenters. The van der Waals surface area contributed by atoms with Crippen molar-refractivity contribution in [2.45, 2.75) is 57.8 Å². The largest absolute Gasteiger partial charge is 0.342 e. The van der Waals surface area contributed by atoms with E-state index in [4.69, 9.17) is 0 Å². The summed E-state index contributed by atoms with van der Waals surface area (Å²) in [4.78, 5) is 15.1. The zero-order valence-corrected chi connectivity index (χ0v) is 14.5. The molecule has 126 valence electrons. The van der Waals surface area contributed by atoms with Crippen molar-refractivity contribution < 1.29 is 4.79 Å². The van der Waals surface area contributed by atoms with E-state index in [0.717, 1.165) is 38.0 Å². The van der Waals surface area contributed by atoms with Crippen LogP contribution in [0.1, 0.15) is 57.8 Å². The van der Waals surface area contributed by atoms with Gasteiger partial charge in [0.1, 0.15) is 0 Å². The third kappa shape index (κ3) is 3.03. The number of amides is 1. The monoisotopic (exact) mass is 326 g/mol. The predicted molar refractivity (Wildman–Crippen MR) is 91.2 cm³/mol. The molecule has 4 aliphatic rings. The number of carbonyl (C=O) groups excluding carboxylic acids is 1. The second kappa shape index (κ2) is 6.68.